The number of hydrogen-bond acceptors (Lipinski definition) is 5. The maximum atomic E-state index is 12.9. The fraction of sp³-hybridized carbons (Fsp3) is 0.536. The van der Waals surface area contributed by atoms with Gasteiger partial charge in [0.1, 0.15) is 12.4 Å². The van der Waals surface area contributed by atoms with Gasteiger partial charge in [-0.2, -0.15) is 0 Å². The van der Waals surface area contributed by atoms with Crippen LogP contribution in [0.3, 0.4) is 0 Å². The molecule has 3 atom stereocenters. The Morgan fingerprint density at radius 3 is 2.73 bits per heavy atom. The molecule has 1 N–H and O–H groups in total. The van der Waals surface area contributed by atoms with Gasteiger partial charge in [-0.15, -0.1) is 0 Å². The quantitative estimate of drug-likeness (QED) is 0.590. The number of ether oxygens (including phenoxy) is 3. The molecule has 5 heteroatoms. The number of benzene rings is 2. The van der Waals surface area contributed by atoms with Gasteiger partial charge in [0.15, 0.2) is 11.5 Å². The molecule has 0 unspecified atom stereocenters. The molecule has 5 nitrogen and oxygen atoms in total. The third kappa shape index (κ3) is 3.66. The van der Waals surface area contributed by atoms with Crippen LogP contribution >= 0.6 is 0 Å². The molecule has 176 valence electrons. The van der Waals surface area contributed by atoms with Crippen molar-refractivity contribution in [2.24, 2.45) is 0 Å². The number of carbonyl (C=O) groups excluding carboxylic acids is 1. The van der Waals surface area contributed by atoms with E-state index in [1.807, 2.05) is 25.3 Å². The lowest BCUT2D eigenvalue weighted by Gasteiger charge is -2.62. The highest BCUT2D eigenvalue weighted by atomic mass is 16.5. The molecule has 5 rings (SSSR count). The molecule has 0 amide bonds. The first-order valence-electron chi connectivity index (χ1n) is 12.4. The van der Waals surface area contributed by atoms with E-state index in [1.54, 1.807) is 0 Å². The first kappa shape index (κ1) is 22.4. The van der Waals surface area contributed by atoms with Gasteiger partial charge in [0.25, 0.3) is 0 Å². The molecular weight excluding hydrogens is 414 g/mol. The maximum absolute atomic E-state index is 12.9. The monoisotopic (exact) mass is 449 g/mol. The van der Waals surface area contributed by atoms with Crippen LogP contribution in [0.2, 0.25) is 0 Å². The first-order chi connectivity index (χ1) is 16.1. The molecule has 1 aliphatic heterocycles. The van der Waals surface area contributed by atoms with Crippen LogP contribution in [0.25, 0.3) is 0 Å². The van der Waals surface area contributed by atoms with E-state index < -0.39 is 5.60 Å². The Morgan fingerprint density at radius 1 is 1.09 bits per heavy atom. The van der Waals surface area contributed by atoms with E-state index in [9.17, 15) is 4.79 Å². The van der Waals surface area contributed by atoms with E-state index in [0.717, 1.165) is 61.3 Å². The van der Waals surface area contributed by atoms with E-state index in [1.165, 1.54) is 5.56 Å². The molecular formula is C28H35NO4. The van der Waals surface area contributed by atoms with E-state index in [2.05, 4.69) is 36.5 Å². The number of piperidine rings is 1. The number of rotatable bonds is 8. The summed E-state index contributed by atoms with van der Waals surface area (Å²) in [6.07, 6.45) is 5.63. The van der Waals surface area contributed by atoms with Crippen molar-refractivity contribution < 1.29 is 19.0 Å². The number of nitrogens with one attached hydrogen (secondary N) is 1. The largest absolute Gasteiger partial charge is 0.489 e. The molecule has 2 aromatic rings. The Balaban J connectivity index is 1.62. The van der Waals surface area contributed by atoms with Crippen LogP contribution < -0.4 is 14.8 Å². The lowest BCUT2D eigenvalue weighted by Crippen LogP contribution is -2.73. The highest BCUT2D eigenvalue weighted by Gasteiger charge is 2.65. The zero-order chi connectivity index (χ0) is 22.9. The predicted octanol–water partition coefficient (Wildman–Crippen LogP) is 4.74. The SMILES string of the molecule is CCCCOc1c(OCc2ccccc2)ccc2c1[C@@]13CCN[C@@H](C2)[C@]1(OC)CCC(=O)C3. The predicted molar refractivity (Wildman–Crippen MR) is 128 cm³/mol. The summed E-state index contributed by atoms with van der Waals surface area (Å²) in [5.74, 6) is 1.92. The van der Waals surface area contributed by atoms with Crippen LogP contribution in [0.15, 0.2) is 42.5 Å². The molecule has 1 heterocycles. The Hall–Kier alpha value is -2.37. The van der Waals surface area contributed by atoms with Crippen molar-refractivity contribution >= 4 is 5.78 Å². The van der Waals surface area contributed by atoms with Crippen molar-refractivity contribution in [1.82, 2.24) is 5.32 Å². The minimum absolute atomic E-state index is 0.205. The molecule has 0 aromatic heterocycles. The van der Waals surface area contributed by atoms with Gasteiger partial charge in [-0.25, -0.2) is 0 Å². The number of Topliss-reactive ketones (excluding diaryl/α,β-unsaturated/α-hetero) is 1. The minimum Gasteiger partial charge on any atom is -0.489 e. The molecule has 1 saturated carbocycles. The molecule has 2 fully saturated rings. The normalized spacial score (nSPS) is 28.1. The highest BCUT2D eigenvalue weighted by Crippen LogP contribution is 2.60. The average molecular weight is 450 g/mol. The summed E-state index contributed by atoms with van der Waals surface area (Å²) in [4.78, 5) is 12.9. The van der Waals surface area contributed by atoms with Crippen LogP contribution in [0.5, 0.6) is 11.5 Å². The summed E-state index contributed by atoms with van der Waals surface area (Å²) in [6.45, 7) is 4.17. The molecule has 2 bridgehead atoms. The average Bonchev–Trinajstić information content (AvgIpc) is 2.83. The van der Waals surface area contributed by atoms with Crippen molar-refractivity contribution in [3.05, 3.63) is 59.2 Å². The third-order valence-corrected chi connectivity index (χ3v) is 8.05. The van der Waals surface area contributed by atoms with E-state index >= 15 is 0 Å². The second-order valence-corrected chi connectivity index (χ2v) is 9.76. The molecule has 33 heavy (non-hydrogen) atoms. The minimum atomic E-state index is -0.396. The summed E-state index contributed by atoms with van der Waals surface area (Å²) in [5.41, 5.74) is 2.76. The molecule has 2 aromatic carbocycles. The number of carbonyl (C=O) groups is 1. The zero-order valence-corrected chi connectivity index (χ0v) is 19.8. The Labute approximate surface area is 196 Å². The molecule has 2 aliphatic carbocycles. The van der Waals surface area contributed by atoms with Crippen LogP contribution in [-0.2, 0) is 28.0 Å². The van der Waals surface area contributed by atoms with Gasteiger partial charge in [-0.1, -0.05) is 49.7 Å². The summed E-state index contributed by atoms with van der Waals surface area (Å²) >= 11 is 0. The fourth-order valence-corrected chi connectivity index (χ4v) is 6.50. The standard InChI is InChI=1S/C28H35NO4/c1-3-4-16-32-26-23(33-19-20-8-6-5-7-9-20)11-10-21-17-24-28(31-2)13-12-22(30)18-27(28,25(21)26)14-15-29-24/h5-11,24,29H,3-4,12-19H2,1-2H3/t24-,27-,28+/m0/s1. The van der Waals surface area contributed by atoms with Gasteiger partial charge in [-0.05, 0) is 49.4 Å². The third-order valence-electron chi connectivity index (χ3n) is 8.05. The van der Waals surface area contributed by atoms with Crippen LogP contribution in [-0.4, -0.2) is 37.7 Å². The van der Waals surface area contributed by atoms with Crippen LogP contribution in [0, 0.1) is 0 Å². The lowest BCUT2D eigenvalue weighted by molar-refractivity contribution is -0.161. The molecule has 0 radical (unpaired) electrons. The molecule has 0 spiro atoms. The maximum Gasteiger partial charge on any atom is 0.165 e. The van der Waals surface area contributed by atoms with Gasteiger partial charge in [0.05, 0.1) is 12.2 Å². The number of fused-ring (bicyclic) bond motifs is 1. The van der Waals surface area contributed by atoms with Crippen LogP contribution in [0.4, 0.5) is 0 Å². The van der Waals surface area contributed by atoms with Crippen molar-refractivity contribution in [1.29, 1.82) is 0 Å². The number of methoxy groups -OCH3 is 1. The number of unbranched alkanes of at least 4 members (excludes halogenated alkanes) is 1. The van der Waals surface area contributed by atoms with Crippen molar-refractivity contribution in [3.8, 4) is 11.5 Å². The zero-order valence-electron chi connectivity index (χ0n) is 19.8. The number of ketones is 1. The van der Waals surface area contributed by atoms with Crippen molar-refractivity contribution in [2.45, 2.75) is 75.5 Å². The van der Waals surface area contributed by atoms with Gasteiger partial charge < -0.3 is 19.5 Å². The van der Waals surface area contributed by atoms with Crippen molar-refractivity contribution in [3.63, 3.8) is 0 Å². The van der Waals surface area contributed by atoms with Crippen LogP contribution in [0.1, 0.15) is 62.1 Å². The summed E-state index contributed by atoms with van der Waals surface area (Å²) in [6, 6.07) is 14.7. The van der Waals surface area contributed by atoms with Crippen molar-refractivity contribution in [2.75, 3.05) is 20.3 Å². The molecule has 3 aliphatic rings. The highest BCUT2D eigenvalue weighted by molar-refractivity contribution is 5.83. The van der Waals surface area contributed by atoms with Gasteiger partial charge in [0, 0.05) is 37.0 Å². The molecule has 1 saturated heterocycles. The Bertz CT molecular complexity index is 1010. The summed E-state index contributed by atoms with van der Waals surface area (Å²) in [7, 11) is 1.82. The fourth-order valence-electron chi connectivity index (χ4n) is 6.50. The lowest BCUT2D eigenvalue weighted by atomic mass is 9.49. The second-order valence-electron chi connectivity index (χ2n) is 9.76. The smallest absolute Gasteiger partial charge is 0.165 e. The topological polar surface area (TPSA) is 56.8 Å². The van der Waals surface area contributed by atoms with Gasteiger partial charge >= 0.3 is 0 Å². The van der Waals surface area contributed by atoms with E-state index in [4.69, 9.17) is 14.2 Å². The van der Waals surface area contributed by atoms with Gasteiger partial charge in [-0.3, -0.25) is 4.79 Å². The van der Waals surface area contributed by atoms with E-state index in [0.29, 0.717) is 31.8 Å². The van der Waals surface area contributed by atoms with E-state index in [-0.39, 0.29) is 11.5 Å². The summed E-state index contributed by atoms with van der Waals surface area (Å²) in [5, 5.41) is 3.72. The summed E-state index contributed by atoms with van der Waals surface area (Å²) < 4.78 is 19.3. The Morgan fingerprint density at radius 2 is 1.94 bits per heavy atom. The van der Waals surface area contributed by atoms with Gasteiger partial charge in [0.2, 0.25) is 0 Å². The first-order valence-corrected chi connectivity index (χ1v) is 12.4. The number of hydrogen-bond donors (Lipinski definition) is 1. The second kappa shape index (κ2) is 9.11. The Kier molecular flexibility index (Phi) is 6.19.